The molecule has 1 aliphatic rings. The molecule has 1 aliphatic heterocycles. The molecule has 0 atom stereocenters. The molecule has 0 fully saturated rings. The fraction of sp³-hybridized carbons (Fsp3) is 0.263. The zero-order valence-corrected chi connectivity index (χ0v) is 14.7. The molecule has 0 N–H and O–H groups in total. The topological polar surface area (TPSA) is 63.9 Å². The number of hydrogen-bond donors (Lipinski definition) is 0. The van der Waals surface area contributed by atoms with Crippen molar-refractivity contribution in [2.24, 2.45) is 7.05 Å². The van der Waals surface area contributed by atoms with Crippen molar-refractivity contribution in [3.05, 3.63) is 54.2 Å². The predicted octanol–water partition coefficient (Wildman–Crippen LogP) is 3.14. The number of aryl methyl sites for hydroxylation is 2. The van der Waals surface area contributed by atoms with Crippen LogP contribution in [0.4, 0.5) is 11.5 Å². The largest absolute Gasteiger partial charge is 0.274 e. The third-order valence-corrected chi connectivity index (χ3v) is 4.69. The summed E-state index contributed by atoms with van der Waals surface area (Å²) in [5.41, 5.74) is 3.18. The third-order valence-electron chi connectivity index (χ3n) is 4.69. The van der Waals surface area contributed by atoms with Crippen LogP contribution < -0.4 is 4.90 Å². The smallest absolute Gasteiger partial charge is 0.242 e. The fourth-order valence-electron chi connectivity index (χ4n) is 3.22. The molecule has 6 heteroatoms. The Labute approximate surface area is 146 Å². The minimum absolute atomic E-state index is 0.0264. The summed E-state index contributed by atoms with van der Waals surface area (Å²) in [6.07, 6.45) is 5.44. The molecular weight excluding hydrogens is 314 g/mol. The second kappa shape index (κ2) is 5.24. The molecule has 1 amide bonds. The van der Waals surface area contributed by atoms with Gasteiger partial charge in [0.1, 0.15) is 5.82 Å². The van der Waals surface area contributed by atoms with Gasteiger partial charge in [0.05, 0.1) is 11.1 Å². The first kappa shape index (κ1) is 15.5. The van der Waals surface area contributed by atoms with Crippen LogP contribution in [0.15, 0.2) is 42.9 Å². The number of rotatable bonds is 2. The maximum atomic E-state index is 13.0. The first-order valence-corrected chi connectivity index (χ1v) is 8.15. The average Bonchev–Trinajstić information content (AvgIpc) is 3.08. The van der Waals surface area contributed by atoms with Crippen LogP contribution in [0.25, 0.3) is 11.1 Å². The Balaban J connectivity index is 1.88. The lowest BCUT2D eigenvalue weighted by atomic mass is 9.85. The number of hydrogen-bond acceptors (Lipinski definition) is 4. The van der Waals surface area contributed by atoms with Crippen LogP contribution >= 0.6 is 0 Å². The van der Waals surface area contributed by atoms with Crippen LogP contribution in [0.5, 0.6) is 0 Å². The van der Waals surface area contributed by atoms with Gasteiger partial charge in [0, 0.05) is 37.3 Å². The summed E-state index contributed by atoms with van der Waals surface area (Å²) < 4.78 is 1.70. The lowest BCUT2D eigenvalue weighted by Crippen LogP contribution is -2.33. The van der Waals surface area contributed by atoms with Crippen LogP contribution in [0.1, 0.15) is 25.2 Å². The van der Waals surface area contributed by atoms with Crippen molar-refractivity contribution in [1.29, 1.82) is 0 Å². The lowest BCUT2D eigenvalue weighted by Gasteiger charge is -2.18. The fourth-order valence-corrected chi connectivity index (χ4v) is 3.22. The zero-order chi connectivity index (χ0) is 17.8. The SMILES string of the molecule is Cc1ncc(-c2ccc3c(c2)N(c2ccn(C)n2)C(=O)C3(C)C)cn1. The Bertz CT molecular complexity index is 972. The van der Waals surface area contributed by atoms with E-state index < -0.39 is 5.41 Å². The molecule has 0 bridgehead atoms. The summed E-state index contributed by atoms with van der Waals surface area (Å²) in [5, 5.41) is 4.42. The van der Waals surface area contributed by atoms with Gasteiger partial charge in [-0.15, -0.1) is 0 Å². The maximum absolute atomic E-state index is 13.0. The molecule has 0 spiro atoms. The molecule has 3 heterocycles. The van der Waals surface area contributed by atoms with E-state index in [1.807, 2.05) is 58.3 Å². The van der Waals surface area contributed by atoms with E-state index in [-0.39, 0.29) is 5.91 Å². The standard InChI is InChI=1S/C19H19N5O/c1-12-20-10-14(11-21-12)13-5-6-15-16(9-13)24(18(25)19(15,2)3)17-7-8-23(4)22-17/h5-11H,1-4H3. The number of nitrogens with zero attached hydrogens (tertiary/aromatic N) is 5. The van der Waals surface area contributed by atoms with E-state index in [2.05, 4.69) is 15.1 Å². The number of fused-ring (bicyclic) bond motifs is 1. The Morgan fingerprint density at radius 1 is 1.04 bits per heavy atom. The van der Waals surface area contributed by atoms with Crippen molar-refractivity contribution < 1.29 is 4.79 Å². The first-order valence-electron chi connectivity index (χ1n) is 8.15. The number of anilines is 2. The summed E-state index contributed by atoms with van der Waals surface area (Å²) in [6, 6.07) is 7.91. The maximum Gasteiger partial charge on any atom is 0.242 e. The average molecular weight is 333 g/mol. The summed E-state index contributed by atoms with van der Waals surface area (Å²) in [4.78, 5) is 23.3. The number of benzene rings is 1. The van der Waals surface area contributed by atoms with Gasteiger partial charge in [-0.3, -0.25) is 14.4 Å². The first-order chi connectivity index (χ1) is 11.9. The van der Waals surface area contributed by atoms with E-state index in [1.54, 1.807) is 22.0 Å². The highest BCUT2D eigenvalue weighted by Crippen LogP contribution is 2.46. The second-order valence-corrected chi connectivity index (χ2v) is 6.86. The van der Waals surface area contributed by atoms with Crippen molar-refractivity contribution in [2.75, 3.05) is 4.90 Å². The highest BCUT2D eigenvalue weighted by molar-refractivity contribution is 6.12. The molecule has 3 aromatic rings. The van der Waals surface area contributed by atoms with Crippen LogP contribution in [-0.4, -0.2) is 25.7 Å². The van der Waals surface area contributed by atoms with E-state index in [0.29, 0.717) is 5.82 Å². The number of amides is 1. The van der Waals surface area contributed by atoms with Gasteiger partial charge >= 0.3 is 0 Å². The Morgan fingerprint density at radius 3 is 2.40 bits per heavy atom. The van der Waals surface area contributed by atoms with Crippen LogP contribution in [-0.2, 0) is 17.3 Å². The second-order valence-electron chi connectivity index (χ2n) is 6.86. The van der Waals surface area contributed by atoms with E-state index in [4.69, 9.17) is 0 Å². The number of carbonyl (C=O) groups excluding carboxylic acids is 1. The van der Waals surface area contributed by atoms with Crippen LogP contribution in [0.3, 0.4) is 0 Å². The van der Waals surface area contributed by atoms with Gasteiger partial charge in [-0.05, 0) is 38.0 Å². The quantitative estimate of drug-likeness (QED) is 0.723. The highest BCUT2D eigenvalue weighted by atomic mass is 16.2. The van der Waals surface area contributed by atoms with Crippen molar-refractivity contribution in [2.45, 2.75) is 26.2 Å². The summed E-state index contributed by atoms with van der Waals surface area (Å²) in [7, 11) is 1.84. The number of aromatic nitrogens is 4. The minimum Gasteiger partial charge on any atom is -0.274 e. The van der Waals surface area contributed by atoms with Gasteiger partial charge in [-0.1, -0.05) is 12.1 Å². The van der Waals surface area contributed by atoms with Gasteiger partial charge in [-0.2, -0.15) is 5.10 Å². The molecule has 0 radical (unpaired) electrons. The molecule has 0 saturated carbocycles. The Hall–Kier alpha value is -3.02. The highest BCUT2D eigenvalue weighted by Gasteiger charge is 2.45. The van der Waals surface area contributed by atoms with Crippen molar-refractivity contribution in [3.63, 3.8) is 0 Å². The van der Waals surface area contributed by atoms with Crippen molar-refractivity contribution in [3.8, 4) is 11.1 Å². The monoisotopic (exact) mass is 333 g/mol. The van der Waals surface area contributed by atoms with E-state index in [0.717, 1.165) is 28.2 Å². The van der Waals surface area contributed by atoms with Gasteiger partial charge in [0.25, 0.3) is 0 Å². The molecule has 2 aromatic heterocycles. The summed E-state index contributed by atoms with van der Waals surface area (Å²) in [6.45, 7) is 5.76. The number of carbonyl (C=O) groups is 1. The molecular formula is C19H19N5O. The van der Waals surface area contributed by atoms with Gasteiger partial charge in [0.15, 0.2) is 5.82 Å². The molecule has 4 rings (SSSR count). The van der Waals surface area contributed by atoms with E-state index in [1.165, 1.54) is 0 Å². The molecule has 25 heavy (non-hydrogen) atoms. The lowest BCUT2D eigenvalue weighted by molar-refractivity contribution is -0.121. The molecule has 0 aliphatic carbocycles. The summed E-state index contributed by atoms with van der Waals surface area (Å²) in [5.74, 6) is 1.39. The Kier molecular flexibility index (Phi) is 3.25. The molecule has 1 aromatic carbocycles. The molecule has 0 saturated heterocycles. The molecule has 126 valence electrons. The van der Waals surface area contributed by atoms with Gasteiger partial charge in [0.2, 0.25) is 5.91 Å². The molecule has 6 nitrogen and oxygen atoms in total. The van der Waals surface area contributed by atoms with Crippen molar-refractivity contribution in [1.82, 2.24) is 19.7 Å². The predicted molar refractivity (Wildman–Crippen MR) is 95.6 cm³/mol. The minimum atomic E-state index is -0.588. The van der Waals surface area contributed by atoms with Crippen molar-refractivity contribution >= 4 is 17.4 Å². The zero-order valence-electron chi connectivity index (χ0n) is 14.7. The van der Waals surface area contributed by atoms with Gasteiger partial charge < -0.3 is 0 Å². The third kappa shape index (κ3) is 2.33. The van der Waals surface area contributed by atoms with Crippen LogP contribution in [0.2, 0.25) is 0 Å². The normalized spacial score (nSPS) is 15.5. The molecule has 0 unspecified atom stereocenters. The van der Waals surface area contributed by atoms with E-state index >= 15 is 0 Å². The van der Waals surface area contributed by atoms with E-state index in [9.17, 15) is 4.79 Å². The van der Waals surface area contributed by atoms with Crippen LogP contribution in [0, 0.1) is 6.92 Å². The summed E-state index contributed by atoms with van der Waals surface area (Å²) >= 11 is 0. The Morgan fingerprint density at radius 2 is 1.76 bits per heavy atom. The van der Waals surface area contributed by atoms with Gasteiger partial charge in [-0.25, -0.2) is 9.97 Å².